The van der Waals surface area contributed by atoms with Gasteiger partial charge in [0.1, 0.15) is 5.82 Å². The number of hydrogen-bond acceptors (Lipinski definition) is 5. The summed E-state index contributed by atoms with van der Waals surface area (Å²) in [6, 6.07) is 9.84. The molecule has 1 aromatic carbocycles. The number of carbonyl (C=O) groups excluding carboxylic acids is 1. The summed E-state index contributed by atoms with van der Waals surface area (Å²) in [4.78, 5) is 17.7. The highest BCUT2D eigenvalue weighted by molar-refractivity contribution is 7.13. The quantitative estimate of drug-likeness (QED) is 0.748. The number of halogens is 1. The van der Waals surface area contributed by atoms with E-state index >= 15 is 0 Å². The van der Waals surface area contributed by atoms with Crippen LogP contribution in [0.1, 0.15) is 17.0 Å². The van der Waals surface area contributed by atoms with Gasteiger partial charge in [-0.25, -0.2) is 14.1 Å². The Kier molecular flexibility index (Phi) is 4.77. The molecule has 8 heteroatoms. The van der Waals surface area contributed by atoms with Gasteiger partial charge >= 0.3 is 0 Å². The average Bonchev–Trinajstić information content (AvgIpc) is 3.40. The maximum Gasteiger partial charge on any atom is 0.291 e. The first-order valence-electron chi connectivity index (χ1n) is 8.33. The molecule has 1 saturated heterocycles. The van der Waals surface area contributed by atoms with E-state index in [0.29, 0.717) is 30.6 Å². The third-order valence-electron chi connectivity index (χ3n) is 4.18. The van der Waals surface area contributed by atoms with Gasteiger partial charge in [-0.15, -0.1) is 16.4 Å². The molecule has 26 heavy (non-hydrogen) atoms. The van der Waals surface area contributed by atoms with Gasteiger partial charge in [0, 0.05) is 19.1 Å². The zero-order valence-electron chi connectivity index (χ0n) is 13.9. The van der Waals surface area contributed by atoms with Crippen LogP contribution in [0.4, 0.5) is 4.39 Å². The number of rotatable bonds is 5. The summed E-state index contributed by atoms with van der Waals surface area (Å²) < 4.78 is 20.5. The lowest BCUT2D eigenvalue weighted by Crippen LogP contribution is -2.30. The van der Waals surface area contributed by atoms with E-state index in [4.69, 9.17) is 4.74 Å². The Balaban J connectivity index is 1.63. The van der Waals surface area contributed by atoms with Gasteiger partial charge in [-0.05, 0) is 36.1 Å². The molecule has 6 nitrogen and oxygen atoms in total. The van der Waals surface area contributed by atoms with Crippen LogP contribution in [0.2, 0.25) is 0 Å². The van der Waals surface area contributed by atoms with Crippen LogP contribution in [0.25, 0.3) is 16.4 Å². The second kappa shape index (κ2) is 7.35. The van der Waals surface area contributed by atoms with Gasteiger partial charge in [-0.3, -0.25) is 4.79 Å². The summed E-state index contributed by atoms with van der Waals surface area (Å²) >= 11 is 1.48. The number of hydrogen-bond donors (Lipinski definition) is 1. The van der Waals surface area contributed by atoms with Crippen molar-refractivity contribution >= 4 is 17.2 Å². The maximum atomic E-state index is 13.6. The Morgan fingerprint density at radius 1 is 1.38 bits per heavy atom. The normalized spacial score (nSPS) is 16.7. The van der Waals surface area contributed by atoms with E-state index in [-0.39, 0.29) is 17.5 Å². The lowest BCUT2D eigenvalue weighted by atomic mass is 10.1. The summed E-state index contributed by atoms with van der Waals surface area (Å²) in [5.74, 6) is 0.185. The zero-order valence-corrected chi connectivity index (χ0v) is 14.7. The van der Waals surface area contributed by atoms with Crippen LogP contribution in [0.3, 0.4) is 0 Å². The van der Waals surface area contributed by atoms with E-state index in [0.717, 1.165) is 17.9 Å². The number of nitrogens with zero attached hydrogens (tertiary/aromatic N) is 3. The van der Waals surface area contributed by atoms with Crippen molar-refractivity contribution < 1.29 is 13.9 Å². The molecule has 1 aliphatic heterocycles. The monoisotopic (exact) mass is 372 g/mol. The highest BCUT2D eigenvalue weighted by Crippen LogP contribution is 2.25. The van der Waals surface area contributed by atoms with Crippen LogP contribution >= 0.6 is 11.3 Å². The molecule has 2 aromatic heterocycles. The molecule has 1 atom stereocenters. The summed E-state index contributed by atoms with van der Waals surface area (Å²) in [6.45, 7) is 1.92. The molecule has 1 amide bonds. The maximum absolute atomic E-state index is 13.6. The number of amides is 1. The molecule has 0 aliphatic carbocycles. The van der Waals surface area contributed by atoms with Crippen molar-refractivity contribution in [1.29, 1.82) is 0 Å². The molecule has 3 aromatic rings. The van der Waals surface area contributed by atoms with Crippen LogP contribution in [0, 0.1) is 11.7 Å². The lowest BCUT2D eigenvalue weighted by molar-refractivity contribution is 0.0934. The fourth-order valence-electron chi connectivity index (χ4n) is 2.82. The van der Waals surface area contributed by atoms with Crippen LogP contribution in [0.5, 0.6) is 0 Å². The predicted octanol–water partition coefficient (Wildman–Crippen LogP) is 2.90. The van der Waals surface area contributed by atoms with Crippen molar-refractivity contribution in [2.24, 2.45) is 5.92 Å². The van der Waals surface area contributed by atoms with Crippen molar-refractivity contribution in [1.82, 2.24) is 20.1 Å². The Morgan fingerprint density at radius 2 is 2.31 bits per heavy atom. The second-order valence-corrected chi connectivity index (χ2v) is 7.02. The number of nitrogens with one attached hydrogen (secondary N) is 1. The molecule has 0 radical (unpaired) electrons. The number of benzene rings is 1. The molecular formula is C18H17FN4O2S. The van der Waals surface area contributed by atoms with Gasteiger partial charge in [0.15, 0.2) is 5.82 Å². The predicted molar refractivity (Wildman–Crippen MR) is 95.9 cm³/mol. The van der Waals surface area contributed by atoms with E-state index in [2.05, 4.69) is 15.4 Å². The lowest BCUT2D eigenvalue weighted by Gasteiger charge is -2.07. The van der Waals surface area contributed by atoms with Gasteiger partial charge in [-0.2, -0.15) is 0 Å². The fraction of sp³-hybridized carbons (Fsp3) is 0.278. The van der Waals surface area contributed by atoms with E-state index < -0.39 is 0 Å². The second-order valence-electron chi connectivity index (χ2n) is 6.07. The Bertz CT molecular complexity index is 904. The largest absolute Gasteiger partial charge is 0.381 e. The molecule has 0 saturated carbocycles. The fourth-order valence-corrected chi connectivity index (χ4v) is 3.52. The first kappa shape index (κ1) is 16.9. The molecule has 4 rings (SSSR count). The van der Waals surface area contributed by atoms with E-state index in [1.54, 1.807) is 12.1 Å². The average molecular weight is 372 g/mol. The Labute approximate surface area is 153 Å². The third-order valence-corrected chi connectivity index (χ3v) is 5.05. The molecule has 0 bridgehead atoms. The SMILES string of the molecule is O=C(NCC1CCOC1)c1nc(-c2cccs2)n(-c2cccc(F)c2)n1. The number of carbonyl (C=O) groups is 1. The van der Waals surface area contributed by atoms with Gasteiger partial charge in [-0.1, -0.05) is 12.1 Å². The highest BCUT2D eigenvalue weighted by atomic mass is 32.1. The minimum Gasteiger partial charge on any atom is -0.381 e. The van der Waals surface area contributed by atoms with Crippen molar-refractivity contribution in [2.45, 2.75) is 6.42 Å². The molecule has 0 spiro atoms. The summed E-state index contributed by atoms with van der Waals surface area (Å²) in [7, 11) is 0. The van der Waals surface area contributed by atoms with Crippen LogP contribution in [-0.4, -0.2) is 40.4 Å². The number of aromatic nitrogens is 3. The van der Waals surface area contributed by atoms with E-state index in [1.165, 1.54) is 28.2 Å². The Hall–Kier alpha value is -2.58. The summed E-state index contributed by atoms with van der Waals surface area (Å²) in [6.07, 6.45) is 0.936. The summed E-state index contributed by atoms with van der Waals surface area (Å²) in [5, 5.41) is 9.10. The van der Waals surface area contributed by atoms with Crippen LogP contribution in [-0.2, 0) is 4.74 Å². The molecule has 1 N–H and O–H groups in total. The first-order valence-corrected chi connectivity index (χ1v) is 9.21. The van der Waals surface area contributed by atoms with Gasteiger partial charge in [0.05, 0.1) is 17.2 Å². The van der Waals surface area contributed by atoms with E-state index in [9.17, 15) is 9.18 Å². The standard InChI is InChI=1S/C18H17FN4O2S/c19-13-3-1-4-14(9-13)23-17(15-5-2-8-26-15)21-16(22-23)18(24)20-10-12-6-7-25-11-12/h1-5,8-9,12H,6-7,10-11H2,(H,20,24). The molecular weight excluding hydrogens is 355 g/mol. The smallest absolute Gasteiger partial charge is 0.291 e. The van der Waals surface area contributed by atoms with Crippen molar-refractivity contribution in [3.05, 3.63) is 53.4 Å². The summed E-state index contributed by atoms with van der Waals surface area (Å²) in [5.41, 5.74) is 0.518. The Morgan fingerprint density at radius 3 is 3.04 bits per heavy atom. The molecule has 1 fully saturated rings. The van der Waals surface area contributed by atoms with Crippen molar-refractivity contribution in [3.63, 3.8) is 0 Å². The topological polar surface area (TPSA) is 69.0 Å². The molecule has 1 unspecified atom stereocenters. The molecule has 3 heterocycles. The van der Waals surface area contributed by atoms with E-state index in [1.807, 2.05) is 17.5 Å². The van der Waals surface area contributed by atoms with Gasteiger partial charge in [0.2, 0.25) is 5.82 Å². The molecule has 1 aliphatic rings. The van der Waals surface area contributed by atoms with Gasteiger partial charge in [0.25, 0.3) is 5.91 Å². The first-order chi connectivity index (χ1) is 12.7. The number of ether oxygens (including phenoxy) is 1. The van der Waals surface area contributed by atoms with Crippen molar-refractivity contribution in [2.75, 3.05) is 19.8 Å². The van der Waals surface area contributed by atoms with Crippen molar-refractivity contribution in [3.8, 4) is 16.4 Å². The highest BCUT2D eigenvalue weighted by Gasteiger charge is 2.21. The van der Waals surface area contributed by atoms with Gasteiger partial charge < -0.3 is 10.1 Å². The van der Waals surface area contributed by atoms with Crippen LogP contribution < -0.4 is 5.32 Å². The third kappa shape index (κ3) is 3.51. The minimum atomic E-state index is -0.373. The zero-order chi connectivity index (χ0) is 17.9. The molecule has 134 valence electrons. The minimum absolute atomic E-state index is 0.0663. The number of thiophene rings is 1. The van der Waals surface area contributed by atoms with Crippen LogP contribution in [0.15, 0.2) is 41.8 Å².